The summed E-state index contributed by atoms with van der Waals surface area (Å²) in [5.74, 6) is -0.272. The Morgan fingerprint density at radius 2 is 2.40 bits per heavy atom. The molecule has 0 unspecified atom stereocenters. The topological polar surface area (TPSA) is 38.3 Å². The second kappa shape index (κ2) is 5.52. The molecular formula is C6H10INO2. The molecule has 0 bridgehead atoms. The molecule has 0 spiro atoms. The van der Waals surface area contributed by atoms with E-state index >= 15 is 0 Å². The number of esters is 1. The minimum Gasteiger partial charge on any atom is -0.463 e. The summed E-state index contributed by atoms with van der Waals surface area (Å²) in [6.45, 7) is 3.90. The number of carbonyl (C=O) groups is 1. The van der Waals surface area contributed by atoms with E-state index in [0.29, 0.717) is 12.2 Å². The molecule has 0 aromatic carbocycles. The van der Waals surface area contributed by atoms with E-state index in [-0.39, 0.29) is 5.97 Å². The molecule has 0 amide bonds. The molecule has 0 aliphatic carbocycles. The van der Waals surface area contributed by atoms with Crippen molar-refractivity contribution in [2.45, 2.75) is 13.8 Å². The van der Waals surface area contributed by atoms with Crippen LogP contribution in [0.3, 0.4) is 0 Å². The van der Waals surface area contributed by atoms with Crippen molar-refractivity contribution >= 4 is 28.8 Å². The second-order valence-corrected chi connectivity index (χ2v) is 2.28. The van der Waals surface area contributed by atoms with Crippen LogP contribution in [0, 0.1) is 0 Å². The summed E-state index contributed by atoms with van der Waals surface area (Å²) < 4.78 is 7.42. The molecule has 0 atom stereocenters. The van der Waals surface area contributed by atoms with Gasteiger partial charge in [-0.3, -0.25) is 0 Å². The Morgan fingerprint density at radius 3 is 2.80 bits per heavy atom. The molecule has 0 aromatic heterocycles. The lowest BCUT2D eigenvalue weighted by atomic mass is 10.3. The van der Waals surface area contributed by atoms with Gasteiger partial charge in [-0.25, -0.2) is 4.79 Å². The van der Waals surface area contributed by atoms with E-state index in [0.717, 1.165) is 0 Å². The fourth-order valence-corrected chi connectivity index (χ4v) is 0.853. The monoisotopic (exact) mass is 255 g/mol. The zero-order valence-corrected chi connectivity index (χ0v) is 8.14. The summed E-state index contributed by atoms with van der Waals surface area (Å²) in [7, 11) is 0. The van der Waals surface area contributed by atoms with Gasteiger partial charge in [0.05, 0.1) is 35.0 Å². The lowest BCUT2D eigenvalue weighted by molar-refractivity contribution is -0.138. The van der Waals surface area contributed by atoms with Gasteiger partial charge >= 0.3 is 5.97 Å². The van der Waals surface area contributed by atoms with E-state index in [2.05, 4.69) is 3.53 Å². The number of nitrogens with one attached hydrogen (secondary N) is 1. The largest absolute Gasteiger partial charge is 0.463 e. The van der Waals surface area contributed by atoms with Crippen LogP contribution in [0.1, 0.15) is 13.8 Å². The Bertz CT molecular complexity index is 145. The van der Waals surface area contributed by atoms with E-state index in [1.54, 1.807) is 20.0 Å². The van der Waals surface area contributed by atoms with Gasteiger partial charge in [0, 0.05) is 6.20 Å². The average molecular weight is 255 g/mol. The van der Waals surface area contributed by atoms with Crippen molar-refractivity contribution in [3.05, 3.63) is 11.8 Å². The SMILES string of the molecule is CCOC(=O)/C(C)=C/NI. The third-order valence-electron chi connectivity index (χ3n) is 0.868. The van der Waals surface area contributed by atoms with Crippen molar-refractivity contribution in [2.24, 2.45) is 0 Å². The van der Waals surface area contributed by atoms with Gasteiger partial charge < -0.3 is 8.27 Å². The Morgan fingerprint density at radius 1 is 1.80 bits per heavy atom. The highest BCUT2D eigenvalue weighted by atomic mass is 127. The fourth-order valence-electron chi connectivity index (χ4n) is 0.386. The van der Waals surface area contributed by atoms with E-state index < -0.39 is 0 Å². The highest BCUT2D eigenvalue weighted by molar-refractivity contribution is 14.1. The molecule has 58 valence electrons. The first kappa shape index (κ1) is 9.74. The predicted octanol–water partition coefficient (Wildman–Crippen LogP) is 1.39. The van der Waals surface area contributed by atoms with Crippen LogP contribution in [-0.4, -0.2) is 12.6 Å². The Balaban J connectivity index is 3.82. The van der Waals surface area contributed by atoms with Crippen molar-refractivity contribution in [1.82, 2.24) is 3.53 Å². The van der Waals surface area contributed by atoms with Gasteiger partial charge in [0.25, 0.3) is 0 Å². The third kappa shape index (κ3) is 3.71. The van der Waals surface area contributed by atoms with E-state index in [1.807, 2.05) is 22.9 Å². The van der Waals surface area contributed by atoms with Gasteiger partial charge in [-0.1, -0.05) is 0 Å². The summed E-state index contributed by atoms with van der Waals surface area (Å²) in [6.07, 6.45) is 1.60. The van der Waals surface area contributed by atoms with Crippen LogP contribution in [0.2, 0.25) is 0 Å². The molecule has 0 aliphatic rings. The van der Waals surface area contributed by atoms with Crippen LogP contribution >= 0.6 is 22.9 Å². The normalized spacial score (nSPS) is 10.9. The zero-order chi connectivity index (χ0) is 7.98. The molecule has 0 fully saturated rings. The fraction of sp³-hybridized carbons (Fsp3) is 0.500. The van der Waals surface area contributed by atoms with Crippen molar-refractivity contribution in [3.63, 3.8) is 0 Å². The Labute approximate surface area is 74.3 Å². The van der Waals surface area contributed by atoms with Crippen LogP contribution in [0.4, 0.5) is 0 Å². The van der Waals surface area contributed by atoms with Gasteiger partial charge in [-0.15, -0.1) is 0 Å². The minimum atomic E-state index is -0.272. The van der Waals surface area contributed by atoms with Crippen LogP contribution < -0.4 is 3.53 Å². The maximum atomic E-state index is 10.8. The summed E-state index contributed by atoms with van der Waals surface area (Å²) in [4.78, 5) is 10.8. The minimum absolute atomic E-state index is 0.272. The van der Waals surface area contributed by atoms with Gasteiger partial charge in [0.2, 0.25) is 0 Å². The lowest BCUT2D eigenvalue weighted by Crippen LogP contribution is -2.06. The Kier molecular flexibility index (Phi) is 5.38. The molecular weight excluding hydrogens is 245 g/mol. The first-order valence-electron chi connectivity index (χ1n) is 2.92. The van der Waals surface area contributed by atoms with Crippen LogP contribution in [0.15, 0.2) is 11.8 Å². The molecule has 0 saturated heterocycles. The number of hydrogen-bond acceptors (Lipinski definition) is 3. The Hall–Kier alpha value is -0.260. The third-order valence-corrected chi connectivity index (χ3v) is 1.18. The molecule has 0 radical (unpaired) electrons. The van der Waals surface area contributed by atoms with Crippen LogP contribution in [0.25, 0.3) is 0 Å². The van der Waals surface area contributed by atoms with Gasteiger partial charge in [-0.2, -0.15) is 0 Å². The molecule has 4 heteroatoms. The summed E-state index contributed by atoms with van der Waals surface area (Å²) >= 11 is 1.93. The lowest BCUT2D eigenvalue weighted by Gasteiger charge is -1.99. The predicted molar refractivity (Wildman–Crippen MR) is 47.5 cm³/mol. The molecule has 10 heavy (non-hydrogen) atoms. The molecule has 0 rings (SSSR count). The molecule has 3 nitrogen and oxygen atoms in total. The maximum absolute atomic E-state index is 10.8. The standard InChI is InChI=1S/C6H10INO2/c1-3-10-6(9)5(2)4-8-7/h4,8H,3H2,1-2H3/b5-4+. The maximum Gasteiger partial charge on any atom is 0.335 e. The molecule has 0 saturated carbocycles. The molecule has 1 N–H and O–H groups in total. The summed E-state index contributed by atoms with van der Waals surface area (Å²) in [5, 5.41) is 0. The highest BCUT2D eigenvalue weighted by Gasteiger charge is 2.01. The second-order valence-electron chi connectivity index (χ2n) is 1.66. The summed E-state index contributed by atoms with van der Waals surface area (Å²) in [6, 6.07) is 0. The first-order chi connectivity index (χ1) is 4.72. The number of ether oxygens (including phenoxy) is 1. The van der Waals surface area contributed by atoms with Crippen LogP contribution in [-0.2, 0) is 9.53 Å². The van der Waals surface area contributed by atoms with Gasteiger partial charge in [0.15, 0.2) is 0 Å². The number of hydrogen-bond donors (Lipinski definition) is 1. The highest BCUT2D eigenvalue weighted by Crippen LogP contribution is 1.94. The van der Waals surface area contributed by atoms with Crippen LogP contribution in [0.5, 0.6) is 0 Å². The van der Waals surface area contributed by atoms with E-state index in [9.17, 15) is 4.79 Å². The van der Waals surface area contributed by atoms with E-state index in [1.165, 1.54) is 0 Å². The van der Waals surface area contributed by atoms with E-state index in [4.69, 9.17) is 4.74 Å². The number of carbonyl (C=O) groups excluding carboxylic acids is 1. The zero-order valence-electron chi connectivity index (χ0n) is 5.98. The molecule has 0 heterocycles. The molecule has 0 aromatic rings. The number of rotatable bonds is 3. The number of halogens is 1. The quantitative estimate of drug-likeness (QED) is 0.358. The molecule has 0 aliphatic heterocycles. The van der Waals surface area contributed by atoms with Gasteiger partial charge in [0.1, 0.15) is 0 Å². The van der Waals surface area contributed by atoms with Crippen molar-refractivity contribution < 1.29 is 9.53 Å². The van der Waals surface area contributed by atoms with Crippen molar-refractivity contribution in [1.29, 1.82) is 0 Å². The first-order valence-corrected chi connectivity index (χ1v) is 4.00. The van der Waals surface area contributed by atoms with Gasteiger partial charge in [-0.05, 0) is 13.8 Å². The summed E-state index contributed by atoms with van der Waals surface area (Å²) in [5.41, 5.74) is 0.580. The average Bonchev–Trinajstić information content (AvgIpc) is 1.89. The smallest absolute Gasteiger partial charge is 0.335 e. The van der Waals surface area contributed by atoms with Crippen molar-refractivity contribution in [2.75, 3.05) is 6.61 Å². The van der Waals surface area contributed by atoms with Crippen molar-refractivity contribution in [3.8, 4) is 0 Å².